The highest BCUT2D eigenvalue weighted by Crippen LogP contribution is 2.24. The zero-order valence-corrected chi connectivity index (χ0v) is 16.3. The van der Waals surface area contributed by atoms with E-state index in [0.29, 0.717) is 15.6 Å². The van der Waals surface area contributed by atoms with E-state index in [-0.39, 0.29) is 18.1 Å². The topological polar surface area (TPSA) is 75.3 Å². The van der Waals surface area contributed by atoms with Crippen molar-refractivity contribution in [3.05, 3.63) is 63.4 Å². The molecular weight excluding hydrogens is 402 g/mol. The Morgan fingerprint density at radius 3 is 2.42 bits per heavy atom. The van der Waals surface area contributed by atoms with Crippen LogP contribution in [0.2, 0.25) is 10.0 Å². The first-order valence-corrected chi connectivity index (χ1v) is 10.2. The average molecular weight is 419 g/mol. The summed E-state index contributed by atoms with van der Waals surface area (Å²) in [5.41, 5.74) is 1.03. The van der Waals surface area contributed by atoms with Crippen LogP contribution in [-0.2, 0) is 21.4 Å². The van der Waals surface area contributed by atoms with E-state index in [9.17, 15) is 17.6 Å². The molecule has 5 nitrogen and oxygen atoms in total. The predicted molar refractivity (Wildman–Crippen MR) is 102 cm³/mol. The smallest absolute Gasteiger partial charge is 0.229 e. The van der Waals surface area contributed by atoms with Crippen LogP contribution < -0.4 is 10.0 Å². The maximum absolute atomic E-state index is 14.1. The number of benzene rings is 2. The second kappa shape index (κ2) is 8.24. The molecule has 1 amide bonds. The molecule has 0 heterocycles. The van der Waals surface area contributed by atoms with Crippen molar-refractivity contribution in [2.75, 3.05) is 11.0 Å². The minimum atomic E-state index is -3.58. The Bertz CT molecular complexity index is 936. The van der Waals surface area contributed by atoms with E-state index in [1.807, 2.05) is 0 Å². The summed E-state index contributed by atoms with van der Waals surface area (Å²) in [7, 11) is -3.58. The number of sulfonamides is 1. The van der Waals surface area contributed by atoms with Crippen LogP contribution in [0.5, 0.6) is 0 Å². The zero-order chi connectivity index (χ0) is 19.5. The van der Waals surface area contributed by atoms with Gasteiger partial charge in [0.15, 0.2) is 0 Å². The third-order valence-corrected chi connectivity index (χ3v) is 4.96. The lowest BCUT2D eigenvalue weighted by Crippen LogP contribution is -2.27. The van der Waals surface area contributed by atoms with Crippen molar-refractivity contribution in [3.63, 3.8) is 0 Å². The fourth-order valence-corrected chi connectivity index (χ4v) is 3.11. The molecule has 1 atom stereocenters. The fourth-order valence-electron chi connectivity index (χ4n) is 2.23. The first-order chi connectivity index (χ1) is 12.1. The fraction of sp³-hybridized carbons (Fsp3) is 0.235. The van der Waals surface area contributed by atoms with Gasteiger partial charge in [-0.1, -0.05) is 35.3 Å². The highest BCUT2D eigenvalue weighted by molar-refractivity contribution is 7.92. The molecule has 0 bridgehead atoms. The van der Waals surface area contributed by atoms with E-state index in [1.54, 1.807) is 25.1 Å². The van der Waals surface area contributed by atoms with Gasteiger partial charge in [-0.15, -0.1) is 0 Å². The summed E-state index contributed by atoms with van der Waals surface area (Å²) in [5.74, 6) is -1.68. The van der Waals surface area contributed by atoms with Crippen LogP contribution in [0.1, 0.15) is 24.0 Å². The number of anilines is 1. The second-order valence-corrected chi connectivity index (χ2v) is 8.36. The number of carbonyl (C=O) groups is 1. The molecule has 0 aromatic heterocycles. The highest BCUT2D eigenvalue weighted by Gasteiger charge is 2.17. The summed E-state index contributed by atoms with van der Waals surface area (Å²) in [4.78, 5) is 12.3. The summed E-state index contributed by atoms with van der Waals surface area (Å²) < 4.78 is 38.5. The third-order valence-electron chi connectivity index (χ3n) is 3.63. The van der Waals surface area contributed by atoms with Gasteiger partial charge in [-0.3, -0.25) is 9.52 Å². The zero-order valence-electron chi connectivity index (χ0n) is 14.0. The van der Waals surface area contributed by atoms with E-state index in [4.69, 9.17) is 23.2 Å². The van der Waals surface area contributed by atoms with Gasteiger partial charge in [0.25, 0.3) is 0 Å². The van der Waals surface area contributed by atoms with Gasteiger partial charge in [0, 0.05) is 6.54 Å². The maximum Gasteiger partial charge on any atom is 0.229 e. The van der Waals surface area contributed by atoms with Crippen LogP contribution in [0.15, 0.2) is 36.4 Å². The molecule has 0 saturated carbocycles. The van der Waals surface area contributed by atoms with Crippen molar-refractivity contribution in [1.82, 2.24) is 5.32 Å². The molecule has 0 fully saturated rings. The first kappa shape index (κ1) is 20.5. The Hall–Kier alpha value is -1.83. The lowest BCUT2D eigenvalue weighted by Gasteiger charge is -2.14. The molecular formula is C17H17Cl2FN2O3S. The second-order valence-electron chi connectivity index (χ2n) is 5.80. The summed E-state index contributed by atoms with van der Waals surface area (Å²) >= 11 is 11.8. The van der Waals surface area contributed by atoms with Crippen LogP contribution in [0.25, 0.3) is 0 Å². The molecule has 26 heavy (non-hydrogen) atoms. The average Bonchev–Trinajstić information content (AvgIpc) is 2.55. The normalized spacial score (nSPS) is 12.5. The minimum Gasteiger partial charge on any atom is -0.352 e. The monoisotopic (exact) mass is 418 g/mol. The molecule has 2 aromatic carbocycles. The Balaban J connectivity index is 2.05. The van der Waals surface area contributed by atoms with Gasteiger partial charge < -0.3 is 5.32 Å². The van der Waals surface area contributed by atoms with Crippen LogP contribution in [-0.4, -0.2) is 20.6 Å². The van der Waals surface area contributed by atoms with Gasteiger partial charge in [0.1, 0.15) is 5.82 Å². The van der Waals surface area contributed by atoms with Gasteiger partial charge in [0.05, 0.1) is 27.9 Å². The van der Waals surface area contributed by atoms with Crippen LogP contribution in [0.3, 0.4) is 0 Å². The standard InChI is InChI=1S/C17H17Cl2FN2O3S/c1-10(12-4-6-16(15(20)8-12)22-26(2,24)25)17(23)21-9-11-3-5-13(18)14(19)7-11/h3-8,10,22H,9H2,1-2H3,(H,21,23). The van der Waals surface area contributed by atoms with Gasteiger partial charge in [0.2, 0.25) is 15.9 Å². The third kappa shape index (κ3) is 5.59. The molecule has 0 saturated heterocycles. The Kier molecular flexibility index (Phi) is 6.49. The van der Waals surface area contributed by atoms with Gasteiger partial charge in [-0.25, -0.2) is 12.8 Å². The number of hydrogen-bond acceptors (Lipinski definition) is 3. The van der Waals surface area contributed by atoms with Crippen molar-refractivity contribution in [1.29, 1.82) is 0 Å². The summed E-state index contributed by atoms with van der Waals surface area (Å²) in [6.45, 7) is 1.87. The quantitative estimate of drug-likeness (QED) is 0.745. The summed E-state index contributed by atoms with van der Waals surface area (Å²) in [5, 5.41) is 3.56. The molecule has 1 unspecified atom stereocenters. The van der Waals surface area contributed by atoms with E-state index in [1.165, 1.54) is 12.1 Å². The highest BCUT2D eigenvalue weighted by atomic mass is 35.5. The van der Waals surface area contributed by atoms with Gasteiger partial charge in [-0.05, 0) is 42.3 Å². The molecule has 0 radical (unpaired) electrons. The number of nitrogens with one attached hydrogen (secondary N) is 2. The molecule has 2 aromatic rings. The number of amides is 1. The maximum atomic E-state index is 14.1. The molecule has 140 valence electrons. The Morgan fingerprint density at radius 1 is 1.15 bits per heavy atom. The molecule has 2 N–H and O–H groups in total. The predicted octanol–water partition coefficient (Wildman–Crippen LogP) is 3.92. The van der Waals surface area contributed by atoms with Crippen molar-refractivity contribution in [3.8, 4) is 0 Å². The molecule has 0 aliphatic heterocycles. The number of hydrogen-bond donors (Lipinski definition) is 2. The van der Waals surface area contributed by atoms with E-state index in [0.717, 1.165) is 17.9 Å². The number of carbonyl (C=O) groups excluding carboxylic acids is 1. The summed E-state index contributed by atoms with van der Waals surface area (Å²) in [6, 6.07) is 8.95. The molecule has 2 rings (SSSR count). The Morgan fingerprint density at radius 2 is 1.85 bits per heavy atom. The minimum absolute atomic E-state index is 0.167. The number of halogens is 3. The Labute approximate surface area is 161 Å². The van der Waals surface area contributed by atoms with Crippen molar-refractivity contribution < 1.29 is 17.6 Å². The van der Waals surface area contributed by atoms with E-state index >= 15 is 0 Å². The van der Waals surface area contributed by atoms with E-state index < -0.39 is 21.8 Å². The molecule has 0 aliphatic rings. The van der Waals surface area contributed by atoms with Crippen LogP contribution in [0.4, 0.5) is 10.1 Å². The first-order valence-electron chi connectivity index (χ1n) is 7.55. The SMILES string of the molecule is CC(C(=O)NCc1ccc(Cl)c(Cl)c1)c1ccc(NS(C)(=O)=O)c(F)c1. The summed E-state index contributed by atoms with van der Waals surface area (Å²) in [6.07, 6.45) is 0.930. The number of rotatable bonds is 6. The molecule has 0 spiro atoms. The largest absolute Gasteiger partial charge is 0.352 e. The van der Waals surface area contributed by atoms with Crippen molar-refractivity contribution in [2.24, 2.45) is 0 Å². The molecule has 0 aliphatic carbocycles. The molecule has 9 heteroatoms. The van der Waals surface area contributed by atoms with Crippen molar-refractivity contribution >= 4 is 44.8 Å². The lowest BCUT2D eigenvalue weighted by atomic mass is 9.99. The van der Waals surface area contributed by atoms with Gasteiger partial charge >= 0.3 is 0 Å². The van der Waals surface area contributed by atoms with Crippen molar-refractivity contribution in [2.45, 2.75) is 19.4 Å². The van der Waals surface area contributed by atoms with Crippen LogP contribution in [0, 0.1) is 5.82 Å². The van der Waals surface area contributed by atoms with Gasteiger partial charge in [-0.2, -0.15) is 0 Å². The lowest BCUT2D eigenvalue weighted by molar-refractivity contribution is -0.122. The van der Waals surface area contributed by atoms with Crippen LogP contribution >= 0.6 is 23.2 Å². The van der Waals surface area contributed by atoms with E-state index in [2.05, 4.69) is 10.0 Å².